The van der Waals surface area contributed by atoms with Crippen LogP contribution in [0.3, 0.4) is 0 Å². The van der Waals surface area contributed by atoms with Crippen molar-refractivity contribution in [2.24, 2.45) is 5.73 Å². The van der Waals surface area contributed by atoms with Gasteiger partial charge in [-0.3, -0.25) is 19.4 Å². The lowest BCUT2D eigenvalue weighted by atomic mass is 10.0. The maximum atomic E-state index is 13.4. The van der Waals surface area contributed by atoms with Gasteiger partial charge in [-0.1, -0.05) is 23.2 Å². The van der Waals surface area contributed by atoms with Gasteiger partial charge in [0.2, 0.25) is 5.91 Å². The van der Waals surface area contributed by atoms with Crippen LogP contribution in [0.2, 0.25) is 10.0 Å². The van der Waals surface area contributed by atoms with Gasteiger partial charge < -0.3 is 14.9 Å². The summed E-state index contributed by atoms with van der Waals surface area (Å²) in [6.07, 6.45) is -2.57. The van der Waals surface area contributed by atoms with Gasteiger partial charge in [0.05, 0.1) is 22.7 Å². The van der Waals surface area contributed by atoms with Crippen molar-refractivity contribution < 1.29 is 36.8 Å². The number of hydroxylamine groups is 1. The monoisotopic (exact) mass is 527 g/mol. The van der Waals surface area contributed by atoms with Gasteiger partial charge in [-0.2, -0.15) is 18.2 Å². The van der Waals surface area contributed by atoms with E-state index in [1.165, 1.54) is 37.4 Å². The Hall–Kier alpha value is -3.54. The van der Waals surface area contributed by atoms with Crippen LogP contribution >= 0.6 is 23.2 Å². The van der Waals surface area contributed by atoms with Crippen LogP contribution in [-0.4, -0.2) is 36.7 Å². The lowest BCUT2D eigenvalue weighted by Crippen LogP contribution is -2.35. The second kappa shape index (κ2) is 9.25. The Bertz CT molecular complexity index is 1450. The number of nitrogens with two attached hydrogens (primary N) is 1. The zero-order chi connectivity index (χ0) is 25.5. The summed E-state index contributed by atoms with van der Waals surface area (Å²) in [6.45, 7) is -1.80. The number of rotatable bonds is 6. The highest BCUT2D eigenvalue weighted by Gasteiger charge is 2.33. The second-order valence-corrected chi connectivity index (χ2v) is 7.95. The summed E-state index contributed by atoms with van der Waals surface area (Å²) in [5, 5.41) is 0.469. The van der Waals surface area contributed by atoms with Crippen molar-refractivity contribution in [1.82, 2.24) is 4.98 Å². The molecule has 35 heavy (non-hydrogen) atoms. The van der Waals surface area contributed by atoms with Crippen molar-refractivity contribution in [3.8, 4) is 5.75 Å². The topological polar surface area (TPSA) is 108 Å². The third-order valence-electron chi connectivity index (χ3n) is 4.89. The molecule has 0 saturated carbocycles. The maximum absolute atomic E-state index is 13.4. The van der Waals surface area contributed by atoms with Gasteiger partial charge in [0.25, 0.3) is 5.91 Å². The number of anilines is 1. The SMILES string of the molecule is COc1ccc(C(N)=O)c2c1oc1ccc(C(=O)N(OCC(F)(F)F)c3c(Cl)cncc3Cl)cc12. The molecule has 0 aliphatic carbocycles. The number of aromatic nitrogens is 1. The number of primary amides is 1. The minimum atomic E-state index is -4.76. The summed E-state index contributed by atoms with van der Waals surface area (Å²) in [4.78, 5) is 33.9. The first-order chi connectivity index (χ1) is 16.5. The fraction of sp³-hybridized carbons (Fsp3) is 0.136. The predicted molar refractivity (Wildman–Crippen MR) is 122 cm³/mol. The van der Waals surface area contributed by atoms with E-state index in [-0.39, 0.29) is 43.4 Å². The van der Waals surface area contributed by atoms with Gasteiger partial charge in [-0.25, -0.2) is 0 Å². The number of amides is 2. The van der Waals surface area contributed by atoms with Gasteiger partial charge in [0, 0.05) is 28.7 Å². The molecule has 0 saturated heterocycles. The molecule has 0 fully saturated rings. The molecular weight excluding hydrogens is 514 g/mol. The quantitative estimate of drug-likeness (QED) is 0.330. The third-order valence-corrected chi connectivity index (χ3v) is 5.44. The summed E-state index contributed by atoms with van der Waals surface area (Å²) in [6, 6.07) is 6.96. The van der Waals surface area contributed by atoms with Crippen LogP contribution in [0.25, 0.3) is 21.9 Å². The number of ether oxygens (including phenoxy) is 1. The van der Waals surface area contributed by atoms with E-state index in [9.17, 15) is 22.8 Å². The van der Waals surface area contributed by atoms with Crippen LogP contribution in [0.5, 0.6) is 5.75 Å². The maximum Gasteiger partial charge on any atom is 0.414 e. The number of halogens is 5. The van der Waals surface area contributed by atoms with Crippen LogP contribution in [-0.2, 0) is 4.84 Å². The number of hydrogen-bond donors (Lipinski definition) is 1. The lowest BCUT2D eigenvalue weighted by Gasteiger charge is -2.24. The van der Waals surface area contributed by atoms with Crippen molar-refractivity contribution in [3.05, 3.63) is 63.9 Å². The van der Waals surface area contributed by atoms with Crippen molar-refractivity contribution in [3.63, 3.8) is 0 Å². The Morgan fingerprint density at radius 2 is 1.83 bits per heavy atom. The smallest absolute Gasteiger partial charge is 0.414 e. The predicted octanol–water partition coefficient (Wildman–Crippen LogP) is 5.54. The second-order valence-electron chi connectivity index (χ2n) is 7.14. The molecule has 0 unspecified atom stereocenters. The Balaban J connectivity index is 1.89. The first-order valence-corrected chi connectivity index (χ1v) is 10.4. The number of carbonyl (C=O) groups excluding carboxylic acids is 2. The van der Waals surface area contributed by atoms with Crippen LogP contribution < -0.4 is 15.5 Å². The van der Waals surface area contributed by atoms with E-state index >= 15 is 0 Å². The summed E-state index contributed by atoms with van der Waals surface area (Å²) in [5.74, 6) is -1.48. The van der Waals surface area contributed by atoms with Gasteiger partial charge >= 0.3 is 6.18 Å². The summed E-state index contributed by atoms with van der Waals surface area (Å²) in [5.41, 5.74) is 5.62. The normalized spacial score (nSPS) is 11.7. The molecule has 4 aromatic rings. The zero-order valence-corrected chi connectivity index (χ0v) is 19.2. The Kier molecular flexibility index (Phi) is 6.50. The molecule has 8 nitrogen and oxygen atoms in total. The molecule has 0 atom stereocenters. The molecule has 0 radical (unpaired) electrons. The van der Waals surface area contributed by atoms with Gasteiger partial charge in [0.1, 0.15) is 11.3 Å². The number of alkyl halides is 3. The number of furan rings is 1. The summed E-state index contributed by atoms with van der Waals surface area (Å²) >= 11 is 12.1. The Morgan fingerprint density at radius 3 is 2.43 bits per heavy atom. The van der Waals surface area contributed by atoms with E-state index in [4.69, 9.17) is 42.9 Å². The number of benzene rings is 2. The van der Waals surface area contributed by atoms with E-state index < -0.39 is 24.6 Å². The number of methoxy groups -OCH3 is 1. The van der Waals surface area contributed by atoms with Crippen molar-refractivity contribution in [2.45, 2.75) is 6.18 Å². The molecule has 2 aromatic heterocycles. The fourth-order valence-electron chi connectivity index (χ4n) is 3.43. The molecule has 2 amide bonds. The van der Waals surface area contributed by atoms with Crippen LogP contribution in [0.15, 0.2) is 47.1 Å². The number of pyridine rings is 1. The fourth-order valence-corrected chi connectivity index (χ4v) is 3.95. The Labute approximate surface area is 204 Å². The van der Waals surface area contributed by atoms with Crippen LogP contribution in [0.1, 0.15) is 20.7 Å². The minimum absolute atomic E-state index is 0.0922. The van der Waals surface area contributed by atoms with Gasteiger partial charge in [0.15, 0.2) is 17.9 Å². The molecular formula is C22H14Cl2F3N3O5. The molecule has 2 aromatic carbocycles. The van der Waals surface area contributed by atoms with E-state index in [2.05, 4.69) is 4.98 Å². The molecule has 4 rings (SSSR count). The molecule has 0 aliphatic rings. The average molecular weight is 528 g/mol. The zero-order valence-electron chi connectivity index (χ0n) is 17.7. The summed E-state index contributed by atoms with van der Waals surface area (Å²) < 4.78 is 49.8. The highest BCUT2D eigenvalue weighted by molar-refractivity contribution is 6.39. The van der Waals surface area contributed by atoms with E-state index in [1.54, 1.807) is 0 Å². The Morgan fingerprint density at radius 1 is 1.14 bits per heavy atom. The first-order valence-electron chi connectivity index (χ1n) is 9.68. The van der Waals surface area contributed by atoms with Crippen LogP contribution in [0.4, 0.5) is 18.9 Å². The van der Waals surface area contributed by atoms with Crippen molar-refractivity contribution in [1.29, 1.82) is 0 Å². The number of fused-ring (bicyclic) bond motifs is 3. The standard InChI is InChI=1S/C22H14Cl2F3N3O5/c1-33-16-5-3-11(20(28)31)17-12-6-10(2-4-15(12)35-19(16)17)21(32)30(34-9-22(25,26)27)18-13(23)7-29-8-14(18)24/h2-8H,9H2,1H3,(H2,28,31). The van der Waals surface area contributed by atoms with Gasteiger partial charge in [-0.15, -0.1) is 0 Å². The third kappa shape index (κ3) is 4.70. The highest BCUT2D eigenvalue weighted by atomic mass is 35.5. The van der Waals surface area contributed by atoms with E-state index in [0.29, 0.717) is 16.2 Å². The number of carbonyl (C=O) groups is 2. The highest BCUT2D eigenvalue weighted by Crippen LogP contribution is 2.39. The van der Waals surface area contributed by atoms with Crippen molar-refractivity contribution in [2.75, 3.05) is 18.8 Å². The van der Waals surface area contributed by atoms with Gasteiger partial charge in [-0.05, 0) is 30.3 Å². The lowest BCUT2D eigenvalue weighted by molar-refractivity contribution is -0.174. The number of hydrogen-bond acceptors (Lipinski definition) is 6. The summed E-state index contributed by atoms with van der Waals surface area (Å²) in [7, 11) is 1.40. The minimum Gasteiger partial charge on any atom is -0.493 e. The molecule has 13 heteroatoms. The van der Waals surface area contributed by atoms with Crippen LogP contribution in [0, 0.1) is 0 Å². The van der Waals surface area contributed by atoms with E-state index in [0.717, 1.165) is 12.4 Å². The van der Waals surface area contributed by atoms with Crippen molar-refractivity contribution >= 4 is 62.6 Å². The average Bonchev–Trinajstić information content (AvgIpc) is 3.18. The largest absolute Gasteiger partial charge is 0.493 e. The molecule has 182 valence electrons. The molecule has 0 aliphatic heterocycles. The molecule has 2 N–H and O–H groups in total. The first kappa shape index (κ1) is 24.6. The molecule has 0 spiro atoms. The molecule has 2 heterocycles. The molecule has 0 bridgehead atoms. The number of nitrogens with zero attached hydrogens (tertiary/aromatic N) is 2. The van der Waals surface area contributed by atoms with E-state index in [1.807, 2.05) is 0 Å².